The molecular formula is C17H12ClN3O4S. The molecule has 0 bridgehead atoms. The van der Waals surface area contributed by atoms with E-state index < -0.39 is 10.8 Å². The van der Waals surface area contributed by atoms with Crippen molar-refractivity contribution < 1.29 is 14.5 Å². The quantitative estimate of drug-likeness (QED) is 0.507. The molecule has 0 radical (unpaired) electrons. The van der Waals surface area contributed by atoms with E-state index in [0.717, 1.165) is 11.6 Å². The van der Waals surface area contributed by atoms with E-state index in [1.54, 1.807) is 12.5 Å². The monoisotopic (exact) mass is 389 g/mol. The smallest absolute Gasteiger partial charge is 0.283 e. The maximum absolute atomic E-state index is 12.4. The van der Waals surface area contributed by atoms with Gasteiger partial charge in [-0.3, -0.25) is 20.2 Å². The van der Waals surface area contributed by atoms with Crippen LogP contribution in [0.25, 0.3) is 11.3 Å². The number of nitrogens with one attached hydrogen (secondary N) is 1. The largest absolute Gasteiger partial charge is 0.496 e. The first-order valence-electron chi connectivity index (χ1n) is 7.34. The Labute approximate surface area is 157 Å². The Bertz CT molecular complexity index is 990. The average Bonchev–Trinajstić information content (AvgIpc) is 3.09. The third kappa shape index (κ3) is 3.66. The molecule has 0 unspecified atom stereocenters. The zero-order valence-electron chi connectivity index (χ0n) is 13.4. The number of carbonyl (C=O) groups excluding carboxylic acids is 1. The zero-order chi connectivity index (χ0) is 18.7. The zero-order valence-corrected chi connectivity index (χ0v) is 15.0. The molecule has 7 nitrogen and oxygen atoms in total. The standard InChI is InChI=1S/C17H12ClN3O4S/c1-25-15-5-3-2-4-11(15)13-9-26-17(19-13)20-16(22)12-7-6-10(18)8-14(12)21(23)24/h2-9H,1H3,(H,19,20,22). The van der Waals surface area contributed by atoms with E-state index in [4.69, 9.17) is 16.3 Å². The fourth-order valence-electron chi connectivity index (χ4n) is 2.32. The van der Waals surface area contributed by atoms with Crippen molar-refractivity contribution in [2.45, 2.75) is 0 Å². The number of carbonyl (C=O) groups is 1. The lowest BCUT2D eigenvalue weighted by Crippen LogP contribution is -2.13. The van der Waals surface area contributed by atoms with Gasteiger partial charge in [0.15, 0.2) is 5.13 Å². The molecule has 3 aromatic rings. The second-order valence-electron chi connectivity index (χ2n) is 5.11. The summed E-state index contributed by atoms with van der Waals surface area (Å²) >= 11 is 6.98. The average molecular weight is 390 g/mol. The molecule has 0 aliphatic heterocycles. The van der Waals surface area contributed by atoms with Gasteiger partial charge in [0.05, 0.1) is 17.7 Å². The summed E-state index contributed by atoms with van der Waals surface area (Å²) in [6.07, 6.45) is 0. The van der Waals surface area contributed by atoms with Crippen molar-refractivity contribution in [2.24, 2.45) is 0 Å². The van der Waals surface area contributed by atoms with Gasteiger partial charge in [-0.05, 0) is 24.3 Å². The number of nitrogens with zero attached hydrogens (tertiary/aromatic N) is 2. The summed E-state index contributed by atoms with van der Waals surface area (Å²) in [6.45, 7) is 0. The van der Waals surface area contributed by atoms with Crippen molar-refractivity contribution in [1.29, 1.82) is 0 Å². The van der Waals surface area contributed by atoms with Crippen LogP contribution in [0.2, 0.25) is 5.02 Å². The number of thiazole rings is 1. The highest BCUT2D eigenvalue weighted by atomic mass is 35.5. The van der Waals surface area contributed by atoms with E-state index in [9.17, 15) is 14.9 Å². The molecule has 2 aromatic carbocycles. The lowest BCUT2D eigenvalue weighted by atomic mass is 10.1. The van der Waals surface area contributed by atoms with Crippen molar-refractivity contribution in [3.05, 3.63) is 68.5 Å². The van der Waals surface area contributed by atoms with Gasteiger partial charge < -0.3 is 4.74 Å². The number of hydrogen-bond acceptors (Lipinski definition) is 6. The summed E-state index contributed by atoms with van der Waals surface area (Å²) < 4.78 is 5.30. The number of anilines is 1. The van der Waals surface area contributed by atoms with E-state index in [1.807, 2.05) is 24.3 Å². The first-order chi connectivity index (χ1) is 12.5. The van der Waals surface area contributed by atoms with Crippen LogP contribution in [0.5, 0.6) is 5.75 Å². The van der Waals surface area contributed by atoms with E-state index in [0.29, 0.717) is 16.6 Å². The van der Waals surface area contributed by atoms with E-state index in [1.165, 1.54) is 23.5 Å². The van der Waals surface area contributed by atoms with Crippen LogP contribution in [0.1, 0.15) is 10.4 Å². The van der Waals surface area contributed by atoms with Gasteiger partial charge in [0, 0.05) is 22.0 Å². The van der Waals surface area contributed by atoms with Crippen molar-refractivity contribution in [3.8, 4) is 17.0 Å². The predicted octanol–water partition coefficient (Wildman–Crippen LogP) is 4.63. The van der Waals surface area contributed by atoms with E-state index >= 15 is 0 Å². The topological polar surface area (TPSA) is 94.4 Å². The lowest BCUT2D eigenvalue weighted by molar-refractivity contribution is -0.385. The molecule has 0 atom stereocenters. The lowest BCUT2D eigenvalue weighted by Gasteiger charge is -2.05. The maximum atomic E-state index is 12.4. The first kappa shape index (κ1) is 17.8. The number of para-hydroxylation sites is 1. The molecule has 0 aliphatic carbocycles. The molecule has 1 heterocycles. The third-order valence-corrected chi connectivity index (χ3v) is 4.50. The molecule has 132 valence electrons. The number of nitro groups is 1. The molecular weight excluding hydrogens is 378 g/mol. The Hall–Kier alpha value is -2.97. The van der Waals surface area contributed by atoms with Crippen LogP contribution in [0.4, 0.5) is 10.8 Å². The molecule has 1 aromatic heterocycles. The predicted molar refractivity (Wildman–Crippen MR) is 100 cm³/mol. The number of rotatable bonds is 5. The molecule has 0 saturated heterocycles. The summed E-state index contributed by atoms with van der Waals surface area (Å²) in [7, 11) is 1.56. The Morgan fingerprint density at radius 1 is 1.31 bits per heavy atom. The minimum atomic E-state index is -0.650. The van der Waals surface area contributed by atoms with Gasteiger partial charge in [-0.15, -0.1) is 11.3 Å². The summed E-state index contributed by atoms with van der Waals surface area (Å²) in [5.41, 5.74) is 0.961. The van der Waals surface area contributed by atoms with Gasteiger partial charge in [-0.2, -0.15) is 0 Å². The number of methoxy groups -OCH3 is 1. The molecule has 0 saturated carbocycles. The number of ether oxygens (including phenoxy) is 1. The number of hydrogen-bond donors (Lipinski definition) is 1. The van der Waals surface area contributed by atoms with Crippen molar-refractivity contribution in [3.63, 3.8) is 0 Å². The first-order valence-corrected chi connectivity index (χ1v) is 8.59. The molecule has 1 N–H and O–H groups in total. The van der Waals surface area contributed by atoms with E-state index in [2.05, 4.69) is 10.3 Å². The number of nitro benzene ring substituents is 1. The summed E-state index contributed by atoms with van der Waals surface area (Å²) in [5, 5.41) is 16.0. The maximum Gasteiger partial charge on any atom is 0.283 e. The van der Waals surface area contributed by atoms with Gasteiger partial charge in [0.1, 0.15) is 11.3 Å². The molecule has 1 amide bonds. The Morgan fingerprint density at radius 2 is 2.08 bits per heavy atom. The molecule has 3 rings (SSSR count). The Kier molecular flexibility index (Phi) is 5.15. The minimum absolute atomic E-state index is 0.0894. The van der Waals surface area contributed by atoms with Gasteiger partial charge in [-0.1, -0.05) is 23.7 Å². The molecule has 0 spiro atoms. The SMILES string of the molecule is COc1ccccc1-c1csc(NC(=O)c2ccc(Cl)cc2[N+](=O)[O-])n1. The molecule has 9 heteroatoms. The highest BCUT2D eigenvalue weighted by molar-refractivity contribution is 7.14. The second-order valence-corrected chi connectivity index (χ2v) is 6.41. The van der Waals surface area contributed by atoms with Gasteiger partial charge in [0.25, 0.3) is 11.6 Å². The van der Waals surface area contributed by atoms with E-state index in [-0.39, 0.29) is 16.3 Å². The van der Waals surface area contributed by atoms with Crippen LogP contribution in [-0.4, -0.2) is 22.9 Å². The third-order valence-electron chi connectivity index (χ3n) is 3.51. The number of benzene rings is 2. The van der Waals surface area contributed by atoms with Crippen LogP contribution in [0.3, 0.4) is 0 Å². The normalized spacial score (nSPS) is 10.4. The molecule has 0 fully saturated rings. The van der Waals surface area contributed by atoms with Gasteiger partial charge in [-0.25, -0.2) is 4.98 Å². The van der Waals surface area contributed by atoms with Crippen molar-refractivity contribution in [1.82, 2.24) is 4.98 Å². The van der Waals surface area contributed by atoms with Crippen LogP contribution in [0.15, 0.2) is 47.8 Å². The fraction of sp³-hybridized carbons (Fsp3) is 0.0588. The number of aromatic nitrogens is 1. The minimum Gasteiger partial charge on any atom is -0.496 e. The summed E-state index contributed by atoms with van der Waals surface area (Å²) in [6, 6.07) is 11.2. The van der Waals surface area contributed by atoms with Crippen molar-refractivity contribution in [2.75, 3.05) is 12.4 Å². The Morgan fingerprint density at radius 3 is 2.81 bits per heavy atom. The number of halogens is 1. The van der Waals surface area contributed by atoms with Gasteiger partial charge in [0.2, 0.25) is 0 Å². The molecule has 0 aliphatic rings. The van der Waals surface area contributed by atoms with Gasteiger partial charge >= 0.3 is 0 Å². The van der Waals surface area contributed by atoms with Crippen LogP contribution < -0.4 is 10.1 Å². The highest BCUT2D eigenvalue weighted by Crippen LogP contribution is 2.32. The molecule has 26 heavy (non-hydrogen) atoms. The Balaban J connectivity index is 1.86. The summed E-state index contributed by atoms with van der Waals surface area (Å²) in [5.74, 6) is 0.0262. The number of amides is 1. The summed E-state index contributed by atoms with van der Waals surface area (Å²) in [4.78, 5) is 27.2. The second kappa shape index (κ2) is 7.51. The fourth-order valence-corrected chi connectivity index (χ4v) is 3.20. The van der Waals surface area contributed by atoms with Crippen LogP contribution in [0, 0.1) is 10.1 Å². The van der Waals surface area contributed by atoms with Crippen molar-refractivity contribution >= 4 is 39.7 Å². The van der Waals surface area contributed by atoms with Crippen LogP contribution in [-0.2, 0) is 0 Å². The van der Waals surface area contributed by atoms with Crippen LogP contribution >= 0.6 is 22.9 Å². The highest BCUT2D eigenvalue weighted by Gasteiger charge is 2.21.